The smallest absolute Gasteiger partial charge is 0.307 e. The monoisotopic (exact) mass is 303 g/mol. The molecule has 0 amide bonds. The van der Waals surface area contributed by atoms with Crippen molar-refractivity contribution in [2.24, 2.45) is 5.73 Å². The number of carbonyl (C=O) groups is 1. The highest BCUT2D eigenvalue weighted by Gasteiger charge is 2.12. The molecule has 2 rings (SSSR count). The second-order valence-corrected chi connectivity index (χ2v) is 5.18. The molecule has 2 N–H and O–H groups in total. The molecule has 0 fully saturated rings. The van der Waals surface area contributed by atoms with Crippen LogP contribution < -0.4 is 5.73 Å². The number of carbonyl (C=O) groups excluding carboxylic acids is 1. The molecule has 2 aromatic carbocycles. The summed E-state index contributed by atoms with van der Waals surface area (Å²) < 4.78 is 4.91. The Labute approximate surface area is 129 Å². The molecule has 4 heteroatoms. The van der Waals surface area contributed by atoms with Crippen molar-refractivity contribution in [1.29, 1.82) is 0 Å². The molecule has 0 saturated heterocycles. The maximum absolute atomic E-state index is 11.4. The normalized spacial score (nSPS) is 12.0. The highest BCUT2D eigenvalue weighted by Crippen LogP contribution is 2.24. The zero-order valence-electron chi connectivity index (χ0n) is 11.9. The van der Waals surface area contributed by atoms with E-state index in [1.165, 1.54) is 0 Å². The molecule has 21 heavy (non-hydrogen) atoms. The van der Waals surface area contributed by atoms with Crippen LogP contribution in [0.3, 0.4) is 0 Å². The van der Waals surface area contributed by atoms with Crippen molar-refractivity contribution in [3.05, 3.63) is 59.1 Å². The Morgan fingerprint density at radius 3 is 2.52 bits per heavy atom. The third-order valence-corrected chi connectivity index (χ3v) is 3.42. The summed E-state index contributed by atoms with van der Waals surface area (Å²) in [7, 11) is 0. The molecule has 0 spiro atoms. The Bertz CT molecular complexity index is 610. The first kappa shape index (κ1) is 15.5. The van der Waals surface area contributed by atoms with E-state index in [1.54, 1.807) is 6.92 Å². The summed E-state index contributed by atoms with van der Waals surface area (Å²) in [6.45, 7) is 2.16. The molecule has 110 valence electrons. The van der Waals surface area contributed by atoms with Crippen LogP contribution >= 0.6 is 11.6 Å². The van der Waals surface area contributed by atoms with E-state index < -0.39 is 0 Å². The van der Waals surface area contributed by atoms with Crippen molar-refractivity contribution in [2.75, 3.05) is 6.61 Å². The van der Waals surface area contributed by atoms with E-state index in [9.17, 15) is 4.79 Å². The molecule has 3 nitrogen and oxygen atoms in total. The standard InChI is InChI=1S/C17H18ClNO2/c1-2-21-17(20)11-16(19)13-8-6-12(7-9-13)14-4-3-5-15(18)10-14/h3-10,16H,2,11,19H2,1H3/t16-/m0/s1. The lowest BCUT2D eigenvalue weighted by molar-refractivity contribution is -0.143. The van der Waals surface area contributed by atoms with Crippen molar-refractivity contribution in [1.82, 2.24) is 0 Å². The van der Waals surface area contributed by atoms with Gasteiger partial charge in [-0.1, -0.05) is 48.0 Å². The van der Waals surface area contributed by atoms with Crippen LogP contribution in [0.2, 0.25) is 5.02 Å². The highest BCUT2D eigenvalue weighted by atomic mass is 35.5. The first-order valence-corrected chi connectivity index (χ1v) is 7.25. The molecule has 0 aliphatic rings. The van der Waals surface area contributed by atoms with Crippen LogP contribution in [0.15, 0.2) is 48.5 Å². The van der Waals surface area contributed by atoms with Gasteiger partial charge in [0.2, 0.25) is 0 Å². The second-order valence-electron chi connectivity index (χ2n) is 4.75. The molecule has 0 aromatic heterocycles. The van der Waals surface area contributed by atoms with E-state index in [1.807, 2.05) is 48.5 Å². The average Bonchev–Trinajstić information content (AvgIpc) is 2.47. The Morgan fingerprint density at radius 2 is 1.90 bits per heavy atom. The maximum Gasteiger partial charge on any atom is 0.307 e. The van der Waals surface area contributed by atoms with Gasteiger partial charge >= 0.3 is 5.97 Å². The van der Waals surface area contributed by atoms with E-state index in [4.69, 9.17) is 22.1 Å². The van der Waals surface area contributed by atoms with Crippen LogP contribution in [-0.2, 0) is 9.53 Å². The number of esters is 1. The molecule has 0 heterocycles. The molecule has 0 unspecified atom stereocenters. The van der Waals surface area contributed by atoms with Gasteiger partial charge in [-0.25, -0.2) is 0 Å². The van der Waals surface area contributed by atoms with Crippen molar-refractivity contribution in [2.45, 2.75) is 19.4 Å². The number of hydrogen-bond donors (Lipinski definition) is 1. The first-order valence-electron chi connectivity index (χ1n) is 6.87. The number of rotatable bonds is 5. The lowest BCUT2D eigenvalue weighted by Gasteiger charge is -2.12. The molecule has 0 aliphatic heterocycles. The van der Waals surface area contributed by atoms with E-state index in [-0.39, 0.29) is 18.4 Å². The number of ether oxygens (including phenoxy) is 1. The number of nitrogens with two attached hydrogens (primary N) is 1. The summed E-state index contributed by atoms with van der Waals surface area (Å²) in [5.41, 5.74) is 9.04. The molecular weight excluding hydrogens is 286 g/mol. The summed E-state index contributed by atoms with van der Waals surface area (Å²) in [4.78, 5) is 11.4. The minimum atomic E-state index is -0.350. The highest BCUT2D eigenvalue weighted by molar-refractivity contribution is 6.30. The van der Waals surface area contributed by atoms with Gasteiger partial charge in [-0.05, 0) is 35.7 Å². The average molecular weight is 304 g/mol. The molecule has 0 bridgehead atoms. The topological polar surface area (TPSA) is 52.3 Å². The van der Waals surface area contributed by atoms with Crippen molar-refractivity contribution in [3.8, 4) is 11.1 Å². The molecule has 2 aromatic rings. The van der Waals surface area contributed by atoms with E-state index >= 15 is 0 Å². The zero-order chi connectivity index (χ0) is 15.2. The van der Waals surface area contributed by atoms with E-state index in [0.717, 1.165) is 16.7 Å². The lowest BCUT2D eigenvalue weighted by Crippen LogP contribution is -2.17. The predicted molar refractivity (Wildman–Crippen MR) is 85.1 cm³/mol. The lowest BCUT2D eigenvalue weighted by atomic mass is 10.00. The van der Waals surface area contributed by atoms with E-state index in [2.05, 4.69) is 0 Å². The third kappa shape index (κ3) is 4.31. The van der Waals surface area contributed by atoms with Gasteiger partial charge in [0.05, 0.1) is 13.0 Å². The minimum Gasteiger partial charge on any atom is -0.466 e. The van der Waals surface area contributed by atoms with Crippen molar-refractivity contribution < 1.29 is 9.53 Å². The Morgan fingerprint density at radius 1 is 1.19 bits per heavy atom. The molecule has 0 saturated carbocycles. The maximum atomic E-state index is 11.4. The molecule has 0 aliphatic carbocycles. The summed E-state index contributed by atoms with van der Waals surface area (Å²) >= 11 is 5.99. The Kier molecular flexibility index (Phi) is 5.37. The predicted octanol–water partition coefficient (Wildman–Crippen LogP) is 3.96. The van der Waals surface area contributed by atoms with Gasteiger partial charge in [-0.15, -0.1) is 0 Å². The van der Waals surface area contributed by atoms with Crippen LogP contribution in [0.1, 0.15) is 24.9 Å². The molecule has 1 atom stereocenters. The fourth-order valence-electron chi connectivity index (χ4n) is 2.11. The number of hydrogen-bond acceptors (Lipinski definition) is 3. The second kappa shape index (κ2) is 7.25. The van der Waals surface area contributed by atoms with Gasteiger partial charge in [-0.3, -0.25) is 4.79 Å². The van der Waals surface area contributed by atoms with Crippen molar-refractivity contribution in [3.63, 3.8) is 0 Å². The van der Waals surface area contributed by atoms with Gasteiger partial charge in [0, 0.05) is 11.1 Å². The third-order valence-electron chi connectivity index (χ3n) is 3.19. The Hall–Kier alpha value is -1.84. The van der Waals surface area contributed by atoms with Gasteiger partial charge in [-0.2, -0.15) is 0 Å². The summed E-state index contributed by atoms with van der Waals surface area (Å²) in [6, 6.07) is 15.1. The van der Waals surface area contributed by atoms with Crippen LogP contribution in [-0.4, -0.2) is 12.6 Å². The summed E-state index contributed by atoms with van der Waals surface area (Å²) in [5, 5.41) is 0.704. The van der Waals surface area contributed by atoms with Gasteiger partial charge in [0.1, 0.15) is 0 Å². The van der Waals surface area contributed by atoms with Crippen LogP contribution in [0.5, 0.6) is 0 Å². The SMILES string of the molecule is CCOC(=O)C[C@H](N)c1ccc(-c2cccc(Cl)c2)cc1. The zero-order valence-corrected chi connectivity index (χ0v) is 12.6. The van der Waals surface area contributed by atoms with Gasteiger partial charge in [0.25, 0.3) is 0 Å². The van der Waals surface area contributed by atoms with Crippen LogP contribution in [0.4, 0.5) is 0 Å². The largest absolute Gasteiger partial charge is 0.466 e. The molecular formula is C17H18ClNO2. The summed E-state index contributed by atoms with van der Waals surface area (Å²) in [5.74, 6) is -0.274. The van der Waals surface area contributed by atoms with Crippen LogP contribution in [0, 0.1) is 0 Å². The fourth-order valence-corrected chi connectivity index (χ4v) is 2.30. The first-order chi connectivity index (χ1) is 10.1. The number of benzene rings is 2. The van der Waals surface area contributed by atoms with Gasteiger partial charge < -0.3 is 10.5 Å². The summed E-state index contributed by atoms with van der Waals surface area (Å²) in [6.07, 6.45) is 0.185. The van der Waals surface area contributed by atoms with Crippen LogP contribution in [0.25, 0.3) is 11.1 Å². The fraction of sp³-hybridized carbons (Fsp3) is 0.235. The quantitative estimate of drug-likeness (QED) is 0.851. The van der Waals surface area contributed by atoms with Crippen molar-refractivity contribution >= 4 is 17.6 Å². The number of halogens is 1. The minimum absolute atomic E-state index is 0.185. The Balaban J connectivity index is 2.10. The molecule has 0 radical (unpaired) electrons. The van der Waals surface area contributed by atoms with Gasteiger partial charge in [0.15, 0.2) is 0 Å². The van der Waals surface area contributed by atoms with E-state index in [0.29, 0.717) is 11.6 Å².